The van der Waals surface area contributed by atoms with Gasteiger partial charge in [0.2, 0.25) is 0 Å². The van der Waals surface area contributed by atoms with Crippen molar-refractivity contribution in [3.05, 3.63) is 59.7 Å². The number of carboxylic acids is 1. The zero-order valence-electron chi connectivity index (χ0n) is 19.3. The van der Waals surface area contributed by atoms with Crippen LogP contribution in [-0.2, 0) is 6.54 Å². The van der Waals surface area contributed by atoms with Gasteiger partial charge in [0.05, 0.1) is 5.56 Å². The molecule has 3 atom stereocenters. The van der Waals surface area contributed by atoms with E-state index < -0.39 is 5.97 Å². The Kier molecular flexibility index (Phi) is 5.62. The lowest BCUT2D eigenvalue weighted by Crippen LogP contribution is -2.56. The van der Waals surface area contributed by atoms with Crippen molar-refractivity contribution in [3.8, 4) is 0 Å². The molecule has 0 aromatic heterocycles. The van der Waals surface area contributed by atoms with Gasteiger partial charge in [-0.2, -0.15) is 0 Å². The Morgan fingerprint density at radius 1 is 1.03 bits per heavy atom. The topological polar surface area (TPSA) is 55.8 Å². The van der Waals surface area contributed by atoms with Crippen LogP contribution in [-0.4, -0.2) is 48.2 Å². The van der Waals surface area contributed by atoms with Crippen LogP contribution in [0, 0.1) is 17.3 Å². The molecule has 0 radical (unpaired) electrons. The number of piperazine rings is 1. The first kappa shape index (κ1) is 21.3. The summed E-state index contributed by atoms with van der Waals surface area (Å²) in [4.78, 5) is 16.0. The molecule has 2 N–H and O–H groups in total. The highest BCUT2D eigenvalue weighted by Crippen LogP contribution is 2.59. The number of hydrogen-bond acceptors (Lipinski definition) is 4. The Labute approximate surface area is 191 Å². The van der Waals surface area contributed by atoms with Crippen molar-refractivity contribution < 1.29 is 9.90 Å². The molecule has 3 aliphatic carbocycles. The number of benzene rings is 2. The summed E-state index contributed by atoms with van der Waals surface area (Å²) in [6.45, 7) is 9.83. The first-order valence-corrected chi connectivity index (χ1v) is 12.1. The number of para-hydroxylation sites is 1. The molecule has 2 aromatic rings. The van der Waals surface area contributed by atoms with Gasteiger partial charge in [0.25, 0.3) is 0 Å². The van der Waals surface area contributed by atoms with Crippen LogP contribution in [0.15, 0.2) is 48.5 Å². The molecule has 4 fully saturated rings. The maximum absolute atomic E-state index is 11.1. The van der Waals surface area contributed by atoms with Gasteiger partial charge in [0, 0.05) is 50.1 Å². The number of anilines is 2. The van der Waals surface area contributed by atoms with Gasteiger partial charge < -0.3 is 15.3 Å². The molecule has 1 saturated heterocycles. The van der Waals surface area contributed by atoms with E-state index >= 15 is 0 Å². The molecule has 0 amide bonds. The quantitative estimate of drug-likeness (QED) is 0.676. The average molecular weight is 434 g/mol. The van der Waals surface area contributed by atoms with E-state index in [1.165, 1.54) is 30.5 Å². The summed E-state index contributed by atoms with van der Waals surface area (Å²) in [6.07, 6.45) is 4.05. The van der Waals surface area contributed by atoms with Crippen molar-refractivity contribution in [3.63, 3.8) is 0 Å². The Bertz CT molecular complexity index is 961. The molecular formula is C27H35N3O2. The van der Waals surface area contributed by atoms with Crippen molar-refractivity contribution >= 4 is 17.3 Å². The molecular weight excluding hydrogens is 398 g/mol. The number of carbonyl (C=O) groups is 1. The summed E-state index contributed by atoms with van der Waals surface area (Å²) >= 11 is 0. The van der Waals surface area contributed by atoms with Gasteiger partial charge in [-0.1, -0.05) is 32.0 Å². The van der Waals surface area contributed by atoms with E-state index in [2.05, 4.69) is 53.2 Å². The molecule has 1 heterocycles. The molecule has 170 valence electrons. The van der Waals surface area contributed by atoms with Crippen molar-refractivity contribution in [1.82, 2.24) is 4.90 Å². The van der Waals surface area contributed by atoms with Gasteiger partial charge in [-0.05, 0) is 72.4 Å². The Morgan fingerprint density at radius 3 is 2.41 bits per heavy atom. The number of aromatic carboxylic acids is 1. The third-order valence-corrected chi connectivity index (χ3v) is 8.46. The highest BCUT2D eigenvalue weighted by Gasteiger charge is 2.54. The second-order valence-electron chi connectivity index (χ2n) is 10.5. The molecule has 5 nitrogen and oxygen atoms in total. The van der Waals surface area contributed by atoms with Crippen LogP contribution in [0.3, 0.4) is 0 Å². The van der Waals surface area contributed by atoms with Gasteiger partial charge in [-0.3, -0.25) is 4.90 Å². The van der Waals surface area contributed by atoms with E-state index in [0.29, 0.717) is 17.0 Å². The molecule has 5 heteroatoms. The van der Waals surface area contributed by atoms with Gasteiger partial charge in [0.15, 0.2) is 0 Å². The summed E-state index contributed by atoms with van der Waals surface area (Å²) in [6, 6.07) is 16.7. The van der Waals surface area contributed by atoms with Crippen molar-refractivity contribution in [2.24, 2.45) is 17.3 Å². The molecule has 1 unspecified atom stereocenters. The minimum atomic E-state index is -0.873. The van der Waals surface area contributed by atoms with Crippen LogP contribution in [0.25, 0.3) is 0 Å². The summed E-state index contributed by atoms with van der Waals surface area (Å²) in [5.41, 5.74) is 4.64. The highest BCUT2D eigenvalue weighted by molar-refractivity contribution is 5.88. The van der Waals surface area contributed by atoms with Crippen molar-refractivity contribution in [1.29, 1.82) is 0 Å². The smallest absolute Gasteiger partial charge is 0.335 e. The summed E-state index contributed by atoms with van der Waals surface area (Å²) < 4.78 is 0. The van der Waals surface area contributed by atoms with E-state index in [1.54, 1.807) is 12.1 Å². The molecule has 1 aliphatic heterocycles. The van der Waals surface area contributed by atoms with E-state index in [9.17, 15) is 4.79 Å². The highest BCUT2D eigenvalue weighted by atomic mass is 16.4. The molecule has 2 aromatic carbocycles. The first-order valence-electron chi connectivity index (χ1n) is 12.1. The Hall–Kier alpha value is -2.53. The minimum Gasteiger partial charge on any atom is -0.478 e. The lowest BCUT2D eigenvalue weighted by atomic mass is 9.47. The molecule has 4 aliphatic rings. The fraction of sp³-hybridized carbons (Fsp3) is 0.519. The lowest BCUT2D eigenvalue weighted by molar-refractivity contribution is -0.0728. The maximum atomic E-state index is 11.1. The van der Waals surface area contributed by atoms with E-state index in [-0.39, 0.29) is 0 Å². The molecule has 2 bridgehead atoms. The Balaban J connectivity index is 1.19. The molecule has 32 heavy (non-hydrogen) atoms. The van der Waals surface area contributed by atoms with E-state index in [0.717, 1.165) is 50.2 Å². The first-order chi connectivity index (χ1) is 15.4. The number of carboxylic acid groups (broad SMARTS) is 1. The molecule has 0 spiro atoms. The number of nitrogens with zero attached hydrogens (tertiary/aromatic N) is 2. The largest absolute Gasteiger partial charge is 0.478 e. The zero-order chi connectivity index (χ0) is 22.3. The van der Waals surface area contributed by atoms with Crippen LogP contribution in [0.4, 0.5) is 11.4 Å². The van der Waals surface area contributed by atoms with Gasteiger partial charge in [-0.25, -0.2) is 4.79 Å². The fourth-order valence-corrected chi connectivity index (χ4v) is 6.20. The number of fused-ring (bicyclic) bond motifs is 2. The standard InChI is InChI=1S/C27H35N3O2/c1-27(2)21-9-12-25(23(27)17-21)28-24-6-4-3-5-20(24)18-29-13-15-30(16-14-29)22-10-7-19(8-11-22)26(31)32/h3-8,10-11,21,23,25,28H,9,12-18H2,1-2H3,(H,31,32)/t21-,23-,25?/m0/s1. The second-order valence-corrected chi connectivity index (χ2v) is 10.5. The zero-order valence-corrected chi connectivity index (χ0v) is 19.3. The fourth-order valence-electron chi connectivity index (χ4n) is 6.20. The SMILES string of the molecule is CC1(C)[C@H]2CCC(Nc3ccccc3CN3CCN(c4ccc(C(=O)O)cc4)CC3)[C@@H]1C2. The van der Waals surface area contributed by atoms with Gasteiger partial charge >= 0.3 is 5.97 Å². The van der Waals surface area contributed by atoms with Gasteiger partial charge in [-0.15, -0.1) is 0 Å². The minimum absolute atomic E-state index is 0.343. The predicted molar refractivity (Wildman–Crippen MR) is 129 cm³/mol. The van der Waals surface area contributed by atoms with Crippen LogP contribution in [0.5, 0.6) is 0 Å². The van der Waals surface area contributed by atoms with E-state index in [1.807, 2.05) is 12.1 Å². The number of rotatable bonds is 6. The predicted octanol–water partition coefficient (Wildman–Crippen LogP) is 4.94. The van der Waals surface area contributed by atoms with Gasteiger partial charge in [0.1, 0.15) is 0 Å². The maximum Gasteiger partial charge on any atom is 0.335 e. The van der Waals surface area contributed by atoms with Crippen LogP contribution in [0.2, 0.25) is 0 Å². The third kappa shape index (κ3) is 3.99. The lowest BCUT2D eigenvalue weighted by Gasteiger charge is -2.60. The number of nitrogens with one attached hydrogen (secondary N) is 1. The normalized spacial score (nSPS) is 26.9. The van der Waals surface area contributed by atoms with Crippen molar-refractivity contribution in [2.45, 2.75) is 45.7 Å². The van der Waals surface area contributed by atoms with E-state index in [4.69, 9.17) is 5.11 Å². The monoisotopic (exact) mass is 433 g/mol. The molecule has 3 saturated carbocycles. The Morgan fingerprint density at radius 2 is 1.75 bits per heavy atom. The summed E-state index contributed by atoms with van der Waals surface area (Å²) in [5, 5.41) is 13.1. The van der Waals surface area contributed by atoms with Crippen LogP contribution >= 0.6 is 0 Å². The summed E-state index contributed by atoms with van der Waals surface area (Å²) in [7, 11) is 0. The third-order valence-electron chi connectivity index (χ3n) is 8.46. The van der Waals surface area contributed by atoms with Crippen LogP contribution in [0.1, 0.15) is 49.0 Å². The number of hydrogen-bond donors (Lipinski definition) is 2. The van der Waals surface area contributed by atoms with Crippen LogP contribution < -0.4 is 10.2 Å². The van der Waals surface area contributed by atoms with Crippen molar-refractivity contribution in [2.75, 3.05) is 36.4 Å². The second kappa shape index (κ2) is 8.43. The average Bonchev–Trinajstić information content (AvgIpc) is 2.81. The molecule has 6 rings (SSSR count). The summed E-state index contributed by atoms with van der Waals surface area (Å²) in [5.74, 6) is 0.852.